The van der Waals surface area contributed by atoms with E-state index < -0.39 is 12.0 Å². The highest BCUT2D eigenvalue weighted by Gasteiger charge is 2.26. The lowest BCUT2D eigenvalue weighted by Gasteiger charge is -2.20. The van der Waals surface area contributed by atoms with Crippen molar-refractivity contribution in [3.8, 4) is 11.4 Å². The van der Waals surface area contributed by atoms with E-state index in [1.165, 1.54) is 4.57 Å². The maximum absolute atomic E-state index is 13.1. The van der Waals surface area contributed by atoms with Crippen molar-refractivity contribution in [2.75, 3.05) is 6.61 Å². The quantitative estimate of drug-likeness (QED) is 0.669. The van der Waals surface area contributed by atoms with Gasteiger partial charge in [-0.2, -0.15) is 0 Å². The normalized spacial score (nSPS) is 12.1. The second-order valence-corrected chi connectivity index (χ2v) is 5.55. The highest BCUT2D eigenvalue weighted by molar-refractivity contribution is 5.81. The van der Waals surface area contributed by atoms with Gasteiger partial charge in [0.25, 0.3) is 5.56 Å². The van der Waals surface area contributed by atoms with E-state index in [0.29, 0.717) is 28.7 Å². The number of hydrogen-bond donors (Lipinski definition) is 0. The van der Waals surface area contributed by atoms with Gasteiger partial charge in [-0.15, -0.1) is 0 Å². The summed E-state index contributed by atoms with van der Waals surface area (Å²) >= 11 is 0. The summed E-state index contributed by atoms with van der Waals surface area (Å²) in [5.74, 6) is -0.0222. The first-order valence-corrected chi connectivity index (χ1v) is 8.25. The standard InChI is InChI=1S/C19H19N3O3/c1-3-16(19(24)25-4-2)22-17(13-8-7-11-20-12-13)21-15-10-6-5-9-14(15)18(22)23/h5-12,16H,3-4H2,1-2H3. The molecule has 3 rings (SSSR count). The number of benzene rings is 1. The monoisotopic (exact) mass is 337 g/mol. The number of carbonyl (C=O) groups excluding carboxylic acids is 1. The van der Waals surface area contributed by atoms with E-state index in [-0.39, 0.29) is 12.2 Å². The number of esters is 1. The molecule has 0 fully saturated rings. The molecule has 1 aromatic carbocycles. The smallest absolute Gasteiger partial charge is 0.329 e. The molecule has 2 aromatic heterocycles. The van der Waals surface area contributed by atoms with Crippen LogP contribution in [0.3, 0.4) is 0 Å². The molecule has 2 heterocycles. The van der Waals surface area contributed by atoms with Crippen LogP contribution in [-0.4, -0.2) is 27.1 Å². The number of aromatic nitrogens is 3. The molecule has 1 atom stereocenters. The highest BCUT2D eigenvalue weighted by atomic mass is 16.5. The van der Waals surface area contributed by atoms with E-state index in [4.69, 9.17) is 4.74 Å². The van der Waals surface area contributed by atoms with Gasteiger partial charge in [0, 0.05) is 18.0 Å². The third kappa shape index (κ3) is 3.15. The number of carbonyl (C=O) groups is 1. The molecule has 0 aliphatic heterocycles. The van der Waals surface area contributed by atoms with E-state index >= 15 is 0 Å². The molecule has 0 saturated heterocycles. The zero-order valence-corrected chi connectivity index (χ0v) is 14.2. The summed E-state index contributed by atoms with van der Waals surface area (Å²) in [5.41, 5.74) is 0.999. The summed E-state index contributed by atoms with van der Waals surface area (Å²) in [5, 5.41) is 0.470. The predicted octanol–water partition coefficient (Wildman–Crippen LogP) is 2.97. The van der Waals surface area contributed by atoms with E-state index in [0.717, 1.165) is 0 Å². The second kappa shape index (κ2) is 7.25. The van der Waals surface area contributed by atoms with Crippen LogP contribution in [0.2, 0.25) is 0 Å². The number of ether oxygens (including phenoxy) is 1. The first-order chi connectivity index (χ1) is 12.2. The van der Waals surface area contributed by atoms with Crippen LogP contribution in [0, 0.1) is 0 Å². The van der Waals surface area contributed by atoms with Gasteiger partial charge in [0.1, 0.15) is 11.9 Å². The lowest BCUT2D eigenvalue weighted by Crippen LogP contribution is -2.33. The summed E-state index contributed by atoms with van der Waals surface area (Å²) in [4.78, 5) is 34.3. The molecular formula is C19H19N3O3. The molecule has 0 N–H and O–H groups in total. The van der Waals surface area contributed by atoms with Gasteiger partial charge in [-0.3, -0.25) is 14.3 Å². The summed E-state index contributed by atoms with van der Waals surface area (Å²) < 4.78 is 6.59. The van der Waals surface area contributed by atoms with Crippen molar-refractivity contribution in [2.24, 2.45) is 0 Å². The van der Waals surface area contributed by atoms with Crippen molar-refractivity contribution in [1.82, 2.24) is 14.5 Å². The van der Waals surface area contributed by atoms with Crippen molar-refractivity contribution in [1.29, 1.82) is 0 Å². The molecule has 0 aliphatic carbocycles. The molecular weight excluding hydrogens is 318 g/mol. The minimum atomic E-state index is -0.736. The fourth-order valence-electron chi connectivity index (χ4n) is 2.83. The average molecular weight is 337 g/mol. The molecule has 6 nitrogen and oxygen atoms in total. The first kappa shape index (κ1) is 16.8. The maximum Gasteiger partial charge on any atom is 0.329 e. The zero-order chi connectivity index (χ0) is 17.8. The Bertz CT molecular complexity index is 951. The molecule has 0 spiro atoms. The number of fused-ring (bicyclic) bond motifs is 1. The minimum Gasteiger partial charge on any atom is -0.464 e. The predicted molar refractivity (Wildman–Crippen MR) is 95.2 cm³/mol. The van der Waals surface area contributed by atoms with Crippen LogP contribution in [0.5, 0.6) is 0 Å². The first-order valence-electron chi connectivity index (χ1n) is 8.25. The molecule has 0 amide bonds. The minimum absolute atomic E-state index is 0.257. The number of nitrogens with zero attached hydrogens (tertiary/aromatic N) is 3. The Morgan fingerprint density at radius 2 is 2.00 bits per heavy atom. The third-order valence-electron chi connectivity index (χ3n) is 3.98. The van der Waals surface area contributed by atoms with Crippen LogP contribution >= 0.6 is 0 Å². The van der Waals surface area contributed by atoms with Gasteiger partial charge in [-0.1, -0.05) is 19.1 Å². The molecule has 0 radical (unpaired) electrons. The molecule has 128 valence electrons. The van der Waals surface area contributed by atoms with Gasteiger partial charge in [0.2, 0.25) is 0 Å². The Balaban J connectivity index is 2.33. The van der Waals surface area contributed by atoms with E-state index in [1.807, 2.05) is 19.1 Å². The Labute approximate surface area is 145 Å². The largest absolute Gasteiger partial charge is 0.464 e. The fraction of sp³-hybridized carbons (Fsp3) is 0.263. The van der Waals surface area contributed by atoms with Gasteiger partial charge in [-0.25, -0.2) is 9.78 Å². The van der Waals surface area contributed by atoms with Crippen LogP contribution < -0.4 is 5.56 Å². The second-order valence-electron chi connectivity index (χ2n) is 5.55. The van der Waals surface area contributed by atoms with E-state index in [9.17, 15) is 9.59 Å². The molecule has 0 bridgehead atoms. The molecule has 1 unspecified atom stereocenters. The zero-order valence-electron chi connectivity index (χ0n) is 14.2. The van der Waals surface area contributed by atoms with Gasteiger partial charge in [0.05, 0.1) is 17.5 Å². The van der Waals surface area contributed by atoms with Crippen LogP contribution in [0.25, 0.3) is 22.3 Å². The lowest BCUT2D eigenvalue weighted by atomic mass is 10.1. The summed E-state index contributed by atoms with van der Waals surface area (Å²) in [7, 11) is 0. The van der Waals surface area contributed by atoms with Gasteiger partial charge < -0.3 is 4.74 Å². The lowest BCUT2D eigenvalue weighted by molar-refractivity contribution is -0.147. The molecule has 3 aromatic rings. The van der Waals surface area contributed by atoms with Crippen LogP contribution in [-0.2, 0) is 9.53 Å². The molecule has 0 saturated carbocycles. The Morgan fingerprint density at radius 3 is 2.68 bits per heavy atom. The van der Waals surface area contributed by atoms with Crippen molar-refractivity contribution < 1.29 is 9.53 Å². The van der Waals surface area contributed by atoms with Crippen molar-refractivity contribution in [3.63, 3.8) is 0 Å². The van der Waals surface area contributed by atoms with Crippen molar-refractivity contribution in [3.05, 3.63) is 59.1 Å². The van der Waals surface area contributed by atoms with Crippen molar-refractivity contribution in [2.45, 2.75) is 26.3 Å². The number of rotatable bonds is 5. The number of pyridine rings is 1. The topological polar surface area (TPSA) is 74.1 Å². The summed E-state index contributed by atoms with van der Waals surface area (Å²) in [6.07, 6.45) is 3.70. The Hall–Kier alpha value is -3.02. The molecule has 25 heavy (non-hydrogen) atoms. The third-order valence-corrected chi connectivity index (χ3v) is 3.98. The van der Waals surface area contributed by atoms with Crippen LogP contribution in [0.15, 0.2) is 53.6 Å². The molecule has 6 heteroatoms. The summed E-state index contributed by atoms with van der Waals surface area (Å²) in [6, 6.07) is 9.96. The van der Waals surface area contributed by atoms with Crippen LogP contribution in [0.1, 0.15) is 26.3 Å². The van der Waals surface area contributed by atoms with E-state index in [1.54, 1.807) is 43.6 Å². The maximum atomic E-state index is 13.1. The SMILES string of the molecule is CCOC(=O)C(CC)n1c(-c2cccnc2)nc2ccccc2c1=O. The average Bonchev–Trinajstić information content (AvgIpc) is 2.65. The Morgan fingerprint density at radius 1 is 1.20 bits per heavy atom. The molecule has 0 aliphatic rings. The fourth-order valence-corrected chi connectivity index (χ4v) is 2.83. The van der Waals surface area contributed by atoms with Gasteiger partial charge in [0.15, 0.2) is 0 Å². The van der Waals surface area contributed by atoms with Crippen molar-refractivity contribution >= 4 is 16.9 Å². The number of para-hydroxylation sites is 1. The summed E-state index contributed by atoms with van der Waals surface area (Å²) in [6.45, 7) is 3.84. The highest BCUT2D eigenvalue weighted by Crippen LogP contribution is 2.23. The van der Waals surface area contributed by atoms with E-state index in [2.05, 4.69) is 9.97 Å². The van der Waals surface area contributed by atoms with Gasteiger partial charge >= 0.3 is 5.97 Å². The Kier molecular flexibility index (Phi) is 4.88. The van der Waals surface area contributed by atoms with Crippen LogP contribution in [0.4, 0.5) is 0 Å². The number of hydrogen-bond acceptors (Lipinski definition) is 5. The van der Waals surface area contributed by atoms with Gasteiger partial charge in [-0.05, 0) is 37.6 Å².